The van der Waals surface area contributed by atoms with Gasteiger partial charge in [0.15, 0.2) is 5.75 Å². The van der Waals surface area contributed by atoms with Crippen LogP contribution < -0.4 is 19.7 Å². The van der Waals surface area contributed by atoms with Gasteiger partial charge in [-0.3, -0.25) is 4.90 Å². The van der Waals surface area contributed by atoms with Crippen molar-refractivity contribution in [3.05, 3.63) is 40.4 Å². The molecule has 5 aliphatic heterocycles. The third kappa shape index (κ3) is 4.82. The summed E-state index contributed by atoms with van der Waals surface area (Å²) in [5.74, 6) is 1.17. The van der Waals surface area contributed by atoms with Gasteiger partial charge in [0.2, 0.25) is 0 Å². The number of phenolic OH excluding ortho intramolecular Hbond substituents is 1. The van der Waals surface area contributed by atoms with Crippen molar-refractivity contribution < 1.29 is 23.4 Å². The van der Waals surface area contributed by atoms with Gasteiger partial charge >= 0.3 is 6.01 Å². The molecule has 0 amide bonds. The molecule has 8 nitrogen and oxygen atoms in total. The van der Waals surface area contributed by atoms with E-state index < -0.39 is 12.3 Å². The summed E-state index contributed by atoms with van der Waals surface area (Å²) in [4.78, 5) is 14.5. The number of fused-ring (bicyclic) bond motifs is 6. The lowest BCUT2D eigenvalue weighted by Crippen LogP contribution is -2.60. The minimum absolute atomic E-state index is 0.00725. The van der Waals surface area contributed by atoms with E-state index in [9.17, 15) is 9.50 Å². The third-order valence-corrected chi connectivity index (χ3v) is 11.2. The molecular formula is C35H40ClF2N5O3. The second-order valence-electron chi connectivity index (χ2n) is 13.6. The number of alkyl halides is 2. The van der Waals surface area contributed by atoms with E-state index in [-0.39, 0.29) is 35.8 Å². The standard InChI is InChI=1S/C35H40ClF2N5O3/c1-3-6-19-11-22(44)12-23(29(19)25(38)4-2)24-13-27-30-32(31(24)36)45-17-28-26-8-7-21(39-26)16-43(28)33(30)41-34(40-27)46-18-35-9-5-10-42(35)15-20(37)14-35/h3,6,11-13,20-21,25-26,28,39,44H,4-5,7-10,14-18H2,1-2H3/b6-3-/t20-,21?,25?,26?,28?,35?/m1/s1. The number of rotatable bonds is 7. The average molecular weight is 652 g/mol. The second kappa shape index (κ2) is 11.5. The fourth-order valence-corrected chi connectivity index (χ4v) is 9.02. The molecule has 0 spiro atoms. The van der Waals surface area contributed by atoms with Crippen LogP contribution in [-0.2, 0) is 0 Å². The zero-order valence-electron chi connectivity index (χ0n) is 26.2. The van der Waals surface area contributed by atoms with Crippen LogP contribution in [0.5, 0.6) is 17.5 Å². The summed E-state index contributed by atoms with van der Waals surface area (Å²) in [5.41, 5.74) is 2.25. The molecular weight excluding hydrogens is 612 g/mol. The van der Waals surface area contributed by atoms with Crippen molar-refractivity contribution in [2.24, 2.45) is 0 Å². The Bertz CT molecular complexity index is 1720. The predicted octanol–water partition coefficient (Wildman–Crippen LogP) is 6.77. The molecule has 6 atom stereocenters. The number of nitrogens with zero attached hydrogens (tertiary/aromatic N) is 4. The molecule has 244 valence electrons. The van der Waals surface area contributed by atoms with Gasteiger partial charge in [-0.05, 0) is 74.9 Å². The van der Waals surface area contributed by atoms with E-state index in [0.717, 1.165) is 38.8 Å². The van der Waals surface area contributed by atoms with Crippen LogP contribution in [-0.4, -0.2) is 82.7 Å². The molecule has 0 radical (unpaired) electrons. The first kappa shape index (κ1) is 30.1. The van der Waals surface area contributed by atoms with Gasteiger partial charge in [0.25, 0.3) is 0 Å². The zero-order valence-corrected chi connectivity index (χ0v) is 27.0. The van der Waals surface area contributed by atoms with Gasteiger partial charge in [0.05, 0.1) is 27.5 Å². The van der Waals surface area contributed by atoms with E-state index in [2.05, 4.69) is 15.1 Å². The van der Waals surface area contributed by atoms with Crippen molar-refractivity contribution in [3.8, 4) is 28.6 Å². The second-order valence-corrected chi connectivity index (χ2v) is 14.0. The molecule has 0 aliphatic carbocycles. The van der Waals surface area contributed by atoms with E-state index in [4.69, 9.17) is 31.0 Å². The summed E-state index contributed by atoms with van der Waals surface area (Å²) in [5, 5.41) is 15.5. The number of benzene rings is 2. The van der Waals surface area contributed by atoms with Gasteiger partial charge in [0, 0.05) is 42.7 Å². The van der Waals surface area contributed by atoms with E-state index in [1.54, 1.807) is 25.1 Å². The average Bonchev–Trinajstić information content (AvgIpc) is 3.67. The summed E-state index contributed by atoms with van der Waals surface area (Å²) in [7, 11) is 0. The number of anilines is 1. The lowest BCUT2D eigenvalue weighted by atomic mass is 9.90. The number of allylic oxidation sites excluding steroid dienone is 1. The Morgan fingerprint density at radius 2 is 2.11 bits per heavy atom. The lowest BCUT2D eigenvalue weighted by molar-refractivity contribution is 0.107. The Morgan fingerprint density at radius 1 is 1.24 bits per heavy atom. The van der Waals surface area contributed by atoms with Crippen LogP contribution in [0.25, 0.3) is 28.1 Å². The smallest absolute Gasteiger partial charge is 0.319 e. The van der Waals surface area contributed by atoms with Crippen LogP contribution in [0.15, 0.2) is 24.3 Å². The first-order chi connectivity index (χ1) is 22.3. The van der Waals surface area contributed by atoms with Crippen LogP contribution in [0, 0.1) is 0 Å². The van der Waals surface area contributed by atoms with Gasteiger partial charge in [-0.2, -0.15) is 9.97 Å². The largest absolute Gasteiger partial charge is 0.508 e. The van der Waals surface area contributed by atoms with Crippen molar-refractivity contribution >= 4 is 34.4 Å². The number of aromatic nitrogens is 2. The molecule has 6 heterocycles. The quantitative estimate of drug-likeness (QED) is 0.290. The number of ether oxygens (including phenoxy) is 2. The molecule has 1 aromatic heterocycles. The minimum atomic E-state index is -1.29. The van der Waals surface area contributed by atoms with Crippen molar-refractivity contribution in [2.45, 2.75) is 88.4 Å². The number of hydrogen-bond acceptors (Lipinski definition) is 8. The molecule has 8 rings (SSSR count). The summed E-state index contributed by atoms with van der Waals surface area (Å²) >= 11 is 7.23. The van der Waals surface area contributed by atoms with E-state index in [0.29, 0.717) is 82.0 Å². The lowest BCUT2D eigenvalue weighted by Gasteiger charge is -2.40. The van der Waals surface area contributed by atoms with Crippen molar-refractivity contribution in [2.75, 3.05) is 37.7 Å². The van der Waals surface area contributed by atoms with Gasteiger partial charge in [0.1, 0.15) is 37.1 Å². The molecule has 2 N–H and O–H groups in total. The first-order valence-electron chi connectivity index (χ1n) is 16.6. The van der Waals surface area contributed by atoms with E-state index >= 15 is 4.39 Å². The molecule has 3 aromatic rings. The Balaban J connectivity index is 1.31. The van der Waals surface area contributed by atoms with Crippen molar-refractivity contribution in [1.82, 2.24) is 20.2 Å². The molecule has 5 aliphatic rings. The Morgan fingerprint density at radius 3 is 2.93 bits per heavy atom. The maximum absolute atomic E-state index is 15.7. The molecule has 5 unspecified atom stereocenters. The van der Waals surface area contributed by atoms with E-state index in [1.807, 2.05) is 19.1 Å². The Hall–Kier alpha value is -3.21. The zero-order chi connectivity index (χ0) is 31.7. The monoisotopic (exact) mass is 651 g/mol. The highest BCUT2D eigenvalue weighted by Gasteiger charge is 2.50. The van der Waals surface area contributed by atoms with Gasteiger partial charge in [-0.25, -0.2) is 8.78 Å². The molecule has 4 saturated heterocycles. The number of piperazine rings is 1. The fraction of sp³-hybridized carbons (Fsp3) is 0.543. The van der Waals surface area contributed by atoms with Crippen LogP contribution in [0.4, 0.5) is 14.6 Å². The van der Waals surface area contributed by atoms with Crippen molar-refractivity contribution in [3.63, 3.8) is 0 Å². The van der Waals surface area contributed by atoms with Gasteiger partial charge < -0.3 is 24.8 Å². The fourth-order valence-electron chi connectivity index (χ4n) is 8.71. The number of phenols is 1. The van der Waals surface area contributed by atoms with Gasteiger partial charge in [-0.15, -0.1) is 0 Å². The summed E-state index contributed by atoms with van der Waals surface area (Å²) in [6, 6.07) is 5.80. The van der Waals surface area contributed by atoms with Crippen LogP contribution in [0.1, 0.15) is 69.7 Å². The number of halogens is 3. The summed E-state index contributed by atoms with van der Waals surface area (Å²) < 4.78 is 43.3. The number of hydrogen-bond donors (Lipinski definition) is 2. The van der Waals surface area contributed by atoms with Crippen LogP contribution in [0.2, 0.25) is 5.02 Å². The summed E-state index contributed by atoms with van der Waals surface area (Å²) in [6.07, 6.45) is 6.20. The SMILES string of the molecule is C/C=C\c1cc(O)cc(-c2cc3nc(OCC45CCCN4C[C@H](F)C5)nc4c3c(c2Cl)OCC2C3CCC(CN42)N3)c1C(F)CC. The topological polar surface area (TPSA) is 83.0 Å². The van der Waals surface area contributed by atoms with Crippen LogP contribution in [0.3, 0.4) is 0 Å². The van der Waals surface area contributed by atoms with E-state index in [1.165, 1.54) is 0 Å². The molecule has 11 heteroatoms. The van der Waals surface area contributed by atoms with Crippen LogP contribution >= 0.6 is 11.6 Å². The highest BCUT2D eigenvalue weighted by molar-refractivity contribution is 6.36. The Kier molecular flexibility index (Phi) is 7.53. The highest BCUT2D eigenvalue weighted by atomic mass is 35.5. The normalized spacial score (nSPS) is 29.2. The first-order valence-corrected chi connectivity index (χ1v) is 17.0. The third-order valence-electron chi connectivity index (χ3n) is 10.8. The maximum Gasteiger partial charge on any atom is 0.319 e. The summed E-state index contributed by atoms with van der Waals surface area (Å²) in [6.45, 7) is 6.42. The Labute approximate surface area is 272 Å². The molecule has 2 bridgehead atoms. The van der Waals surface area contributed by atoms with Gasteiger partial charge in [-0.1, -0.05) is 30.7 Å². The molecule has 2 aromatic carbocycles. The molecule has 46 heavy (non-hydrogen) atoms. The minimum Gasteiger partial charge on any atom is -0.508 e. The predicted molar refractivity (Wildman–Crippen MR) is 176 cm³/mol. The van der Waals surface area contributed by atoms with Crippen molar-refractivity contribution in [1.29, 1.82) is 0 Å². The number of aromatic hydroxyl groups is 1. The molecule has 4 fully saturated rings. The molecule has 0 saturated carbocycles. The maximum atomic E-state index is 15.7. The highest BCUT2D eigenvalue weighted by Crippen LogP contribution is 2.50. The number of nitrogens with one attached hydrogen (secondary N) is 1.